The maximum absolute atomic E-state index is 10.4. The van der Waals surface area contributed by atoms with Crippen molar-refractivity contribution in [2.24, 2.45) is 0 Å². The summed E-state index contributed by atoms with van der Waals surface area (Å²) in [5.41, 5.74) is 3.65. The first kappa shape index (κ1) is 18.3. The number of hydrogen-bond donors (Lipinski definition) is 2. The highest BCUT2D eigenvalue weighted by molar-refractivity contribution is 5.76. The van der Waals surface area contributed by atoms with E-state index in [1.165, 1.54) is 6.07 Å². The molecule has 0 aliphatic heterocycles. The number of phenols is 2. The quantitative estimate of drug-likeness (QED) is 0.684. The maximum Gasteiger partial charge on any atom is 0.127 e. The number of phenolic OH excluding ortho intramolecular Hbond substituents is 2. The zero-order valence-electron chi connectivity index (χ0n) is 14.4. The molecule has 0 aliphatic rings. The molecule has 0 bridgehead atoms. The van der Waals surface area contributed by atoms with Crippen LogP contribution in [-0.4, -0.2) is 37.1 Å². The fraction of sp³-hybridized carbons (Fsp3) is 0.400. The second-order valence-electron chi connectivity index (χ2n) is 5.68. The van der Waals surface area contributed by atoms with Crippen molar-refractivity contribution in [1.82, 2.24) is 0 Å². The number of rotatable bonds is 9. The van der Waals surface area contributed by atoms with Gasteiger partial charge in [0, 0.05) is 25.3 Å². The summed E-state index contributed by atoms with van der Waals surface area (Å²) >= 11 is 0. The van der Waals surface area contributed by atoms with Crippen molar-refractivity contribution in [2.45, 2.75) is 26.2 Å². The van der Waals surface area contributed by atoms with Gasteiger partial charge in [0.2, 0.25) is 0 Å². The average molecular weight is 330 g/mol. The summed E-state index contributed by atoms with van der Waals surface area (Å²) in [5.74, 6) is 0.274. The monoisotopic (exact) mass is 330 g/mol. The van der Waals surface area contributed by atoms with Gasteiger partial charge in [0.15, 0.2) is 0 Å². The zero-order chi connectivity index (χ0) is 17.4. The first-order valence-corrected chi connectivity index (χ1v) is 8.37. The minimum atomic E-state index is 0.117. The Hall–Kier alpha value is -2.04. The summed E-state index contributed by atoms with van der Waals surface area (Å²) in [6.45, 7) is 3.80. The standard InChI is InChI=1S/C20H26O4/c1-3-16-17(10-7-11-24-13-12-23-2)20(19(22)14-18(16)21)15-8-5-4-6-9-15/h4-6,8-9,14,21-22H,3,7,10-13H2,1-2H3. The Kier molecular flexibility index (Phi) is 7.09. The van der Waals surface area contributed by atoms with E-state index in [9.17, 15) is 10.2 Å². The van der Waals surface area contributed by atoms with Crippen LogP contribution >= 0.6 is 0 Å². The fourth-order valence-corrected chi connectivity index (χ4v) is 2.94. The Labute approximate surface area is 143 Å². The second kappa shape index (κ2) is 9.30. The molecule has 24 heavy (non-hydrogen) atoms. The van der Waals surface area contributed by atoms with E-state index in [0.29, 0.717) is 26.2 Å². The second-order valence-corrected chi connectivity index (χ2v) is 5.68. The van der Waals surface area contributed by atoms with Crippen LogP contribution in [0.15, 0.2) is 36.4 Å². The number of benzene rings is 2. The topological polar surface area (TPSA) is 58.9 Å². The zero-order valence-corrected chi connectivity index (χ0v) is 14.4. The molecular formula is C20H26O4. The van der Waals surface area contributed by atoms with Gasteiger partial charge in [0.1, 0.15) is 11.5 Å². The van der Waals surface area contributed by atoms with Crippen molar-refractivity contribution in [3.8, 4) is 22.6 Å². The molecule has 2 N–H and O–H groups in total. The Bertz CT molecular complexity index is 638. The number of hydrogen-bond acceptors (Lipinski definition) is 4. The lowest BCUT2D eigenvalue weighted by atomic mass is 9.90. The predicted octanol–water partition coefficient (Wildman–Crippen LogP) is 3.92. The van der Waals surface area contributed by atoms with E-state index in [0.717, 1.165) is 35.1 Å². The lowest BCUT2D eigenvalue weighted by Gasteiger charge is -2.18. The number of methoxy groups -OCH3 is 1. The van der Waals surface area contributed by atoms with Crippen LogP contribution in [0.3, 0.4) is 0 Å². The van der Waals surface area contributed by atoms with Gasteiger partial charge in [0.25, 0.3) is 0 Å². The van der Waals surface area contributed by atoms with Gasteiger partial charge in [-0.2, -0.15) is 0 Å². The highest BCUT2D eigenvalue weighted by Crippen LogP contribution is 2.40. The SMILES string of the molecule is CCc1c(O)cc(O)c(-c2ccccc2)c1CCCOCCOC. The van der Waals surface area contributed by atoms with Crippen LogP contribution in [0.2, 0.25) is 0 Å². The first-order chi connectivity index (χ1) is 11.7. The van der Waals surface area contributed by atoms with E-state index < -0.39 is 0 Å². The Balaban J connectivity index is 2.26. The Morgan fingerprint density at radius 3 is 2.33 bits per heavy atom. The van der Waals surface area contributed by atoms with E-state index in [-0.39, 0.29) is 11.5 Å². The Morgan fingerprint density at radius 2 is 1.67 bits per heavy atom. The predicted molar refractivity (Wildman–Crippen MR) is 95.6 cm³/mol. The summed E-state index contributed by atoms with van der Waals surface area (Å²) in [6.07, 6.45) is 2.27. The van der Waals surface area contributed by atoms with E-state index >= 15 is 0 Å². The normalized spacial score (nSPS) is 10.9. The van der Waals surface area contributed by atoms with E-state index in [1.54, 1.807) is 7.11 Å². The minimum absolute atomic E-state index is 0.117. The first-order valence-electron chi connectivity index (χ1n) is 8.37. The lowest BCUT2D eigenvalue weighted by Crippen LogP contribution is -2.05. The van der Waals surface area contributed by atoms with E-state index in [1.807, 2.05) is 37.3 Å². The average Bonchev–Trinajstić information content (AvgIpc) is 2.58. The molecule has 4 heteroatoms. The summed E-state index contributed by atoms with van der Waals surface area (Å²) in [6, 6.07) is 11.2. The molecule has 4 nitrogen and oxygen atoms in total. The van der Waals surface area contributed by atoms with Crippen LogP contribution in [0.25, 0.3) is 11.1 Å². The van der Waals surface area contributed by atoms with Crippen LogP contribution in [0.4, 0.5) is 0 Å². The molecular weight excluding hydrogens is 304 g/mol. The molecule has 0 aromatic heterocycles. The van der Waals surface area contributed by atoms with Gasteiger partial charge in [0.05, 0.1) is 13.2 Å². The van der Waals surface area contributed by atoms with Crippen molar-refractivity contribution in [1.29, 1.82) is 0 Å². The lowest BCUT2D eigenvalue weighted by molar-refractivity contribution is 0.0695. The van der Waals surface area contributed by atoms with Gasteiger partial charge >= 0.3 is 0 Å². The van der Waals surface area contributed by atoms with Gasteiger partial charge in [-0.15, -0.1) is 0 Å². The van der Waals surface area contributed by atoms with Crippen molar-refractivity contribution in [3.05, 3.63) is 47.5 Å². The number of aromatic hydroxyl groups is 2. The van der Waals surface area contributed by atoms with Crippen molar-refractivity contribution >= 4 is 0 Å². The van der Waals surface area contributed by atoms with Gasteiger partial charge in [-0.3, -0.25) is 0 Å². The third-order valence-corrected chi connectivity index (χ3v) is 4.07. The van der Waals surface area contributed by atoms with E-state index in [4.69, 9.17) is 9.47 Å². The molecule has 0 spiro atoms. The highest BCUT2D eigenvalue weighted by Gasteiger charge is 2.17. The van der Waals surface area contributed by atoms with Crippen LogP contribution in [0.1, 0.15) is 24.5 Å². The van der Waals surface area contributed by atoms with Crippen molar-refractivity contribution in [2.75, 3.05) is 26.9 Å². The molecule has 130 valence electrons. The molecule has 0 unspecified atom stereocenters. The maximum atomic E-state index is 10.4. The summed E-state index contributed by atoms with van der Waals surface area (Å²) < 4.78 is 10.5. The molecule has 0 saturated carbocycles. The smallest absolute Gasteiger partial charge is 0.127 e. The fourth-order valence-electron chi connectivity index (χ4n) is 2.94. The third-order valence-electron chi connectivity index (χ3n) is 4.07. The van der Waals surface area contributed by atoms with Gasteiger partial charge in [-0.1, -0.05) is 37.3 Å². The molecule has 0 aliphatic carbocycles. The molecule has 2 aromatic rings. The van der Waals surface area contributed by atoms with Gasteiger partial charge in [-0.25, -0.2) is 0 Å². The number of ether oxygens (including phenoxy) is 2. The van der Waals surface area contributed by atoms with E-state index in [2.05, 4.69) is 0 Å². The van der Waals surface area contributed by atoms with Crippen LogP contribution < -0.4 is 0 Å². The van der Waals surface area contributed by atoms with Crippen LogP contribution in [-0.2, 0) is 22.3 Å². The highest BCUT2D eigenvalue weighted by atomic mass is 16.5. The molecule has 0 atom stereocenters. The third kappa shape index (κ3) is 4.49. The molecule has 2 aromatic carbocycles. The van der Waals surface area contributed by atoms with Crippen molar-refractivity contribution in [3.63, 3.8) is 0 Å². The molecule has 2 rings (SSSR count). The van der Waals surface area contributed by atoms with Crippen LogP contribution in [0.5, 0.6) is 11.5 Å². The van der Waals surface area contributed by atoms with Crippen LogP contribution in [0, 0.1) is 0 Å². The molecule has 0 saturated heterocycles. The summed E-state index contributed by atoms with van der Waals surface area (Å²) in [5, 5.41) is 20.6. The summed E-state index contributed by atoms with van der Waals surface area (Å²) in [7, 11) is 1.65. The molecule has 0 fully saturated rings. The molecule has 0 amide bonds. The summed E-state index contributed by atoms with van der Waals surface area (Å²) in [4.78, 5) is 0. The van der Waals surface area contributed by atoms with Gasteiger partial charge < -0.3 is 19.7 Å². The minimum Gasteiger partial charge on any atom is -0.508 e. The van der Waals surface area contributed by atoms with Gasteiger partial charge in [-0.05, 0) is 36.0 Å². The van der Waals surface area contributed by atoms with Crippen molar-refractivity contribution < 1.29 is 19.7 Å². The molecule has 0 radical (unpaired) electrons. The Morgan fingerprint density at radius 1 is 0.917 bits per heavy atom. The largest absolute Gasteiger partial charge is 0.508 e. The molecule has 0 heterocycles.